The van der Waals surface area contributed by atoms with Crippen LogP contribution in [0.15, 0.2) is 52.3 Å². The Morgan fingerprint density at radius 3 is 2.00 bits per heavy atom. The molecule has 142 valence electrons. The van der Waals surface area contributed by atoms with Crippen LogP contribution < -0.4 is 19.3 Å². The number of hydrogen-bond donors (Lipinski definition) is 2. The van der Waals surface area contributed by atoms with Crippen molar-refractivity contribution in [2.75, 3.05) is 17.9 Å². The van der Waals surface area contributed by atoms with Crippen LogP contribution in [0.1, 0.15) is 13.8 Å². The summed E-state index contributed by atoms with van der Waals surface area (Å²) in [5, 5.41) is 5.01. The van der Waals surface area contributed by atoms with E-state index in [1.54, 1.807) is 19.1 Å². The van der Waals surface area contributed by atoms with Crippen LogP contribution in [0.2, 0.25) is 0 Å². The molecule has 2 aromatic carbocycles. The van der Waals surface area contributed by atoms with E-state index < -0.39 is 20.0 Å². The highest BCUT2D eigenvalue weighted by Gasteiger charge is 2.18. The van der Waals surface area contributed by atoms with Gasteiger partial charge in [-0.05, 0) is 50.2 Å². The highest BCUT2D eigenvalue weighted by atomic mass is 32.2. The van der Waals surface area contributed by atoms with Crippen LogP contribution in [-0.2, 0) is 20.0 Å². The van der Waals surface area contributed by atoms with E-state index in [0.717, 1.165) is 24.3 Å². The molecule has 8 nitrogen and oxygen atoms in total. The van der Waals surface area contributed by atoms with E-state index in [-0.39, 0.29) is 15.5 Å². The Morgan fingerprint density at radius 1 is 0.885 bits per heavy atom. The summed E-state index contributed by atoms with van der Waals surface area (Å²) in [6.45, 7) is 4.37. The molecule has 0 aliphatic rings. The highest BCUT2D eigenvalue weighted by Crippen LogP contribution is 2.31. The zero-order valence-electron chi connectivity index (χ0n) is 14.3. The molecular formula is C16H20N2O6S2. The maximum Gasteiger partial charge on any atom is 0.262 e. The average molecular weight is 400 g/mol. The summed E-state index contributed by atoms with van der Waals surface area (Å²) in [6.07, 6.45) is 0. The van der Waals surface area contributed by atoms with Crippen LogP contribution >= 0.6 is 0 Å². The standard InChI is InChI=1S/C16H20N2O6S2/c1-3-23-12-5-10-16(24-4-2)15(11-12)18-26(21,22)14-8-6-13(7-9-14)25(17,19)20/h5-11,18H,3-4H2,1-2H3,(H2,17,19,20). The van der Waals surface area contributed by atoms with Gasteiger partial charge in [-0.3, -0.25) is 4.72 Å². The molecule has 3 N–H and O–H groups in total. The summed E-state index contributed by atoms with van der Waals surface area (Å²) in [5.41, 5.74) is 0.216. The van der Waals surface area contributed by atoms with Gasteiger partial charge in [-0.25, -0.2) is 22.0 Å². The topological polar surface area (TPSA) is 125 Å². The lowest BCUT2D eigenvalue weighted by atomic mass is 10.3. The fraction of sp³-hybridized carbons (Fsp3) is 0.250. The molecule has 0 amide bonds. The SMILES string of the molecule is CCOc1ccc(OCC)c(NS(=O)(=O)c2ccc(S(N)(=O)=O)cc2)c1. The Kier molecular flexibility index (Phi) is 6.11. The van der Waals surface area contributed by atoms with Crippen molar-refractivity contribution in [1.29, 1.82) is 0 Å². The van der Waals surface area contributed by atoms with Crippen molar-refractivity contribution in [2.24, 2.45) is 5.14 Å². The van der Waals surface area contributed by atoms with E-state index in [9.17, 15) is 16.8 Å². The lowest BCUT2D eigenvalue weighted by molar-refractivity contribution is 0.332. The second-order valence-electron chi connectivity index (χ2n) is 5.15. The molecule has 0 fully saturated rings. The van der Waals surface area contributed by atoms with Crippen molar-refractivity contribution in [2.45, 2.75) is 23.6 Å². The van der Waals surface area contributed by atoms with Gasteiger partial charge in [-0.15, -0.1) is 0 Å². The Labute approximate surface area is 153 Å². The van der Waals surface area contributed by atoms with Crippen LogP contribution in [0.5, 0.6) is 11.5 Å². The third-order valence-electron chi connectivity index (χ3n) is 3.27. The summed E-state index contributed by atoms with van der Waals surface area (Å²) >= 11 is 0. The molecule has 0 saturated carbocycles. The monoisotopic (exact) mass is 400 g/mol. The number of anilines is 1. The normalized spacial score (nSPS) is 11.8. The van der Waals surface area contributed by atoms with Gasteiger partial charge in [0.05, 0.1) is 28.7 Å². The smallest absolute Gasteiger partial charge is 0.262 e. The zero-order valence-corrected chi connectivity index (χ0v) is 15.9. The molecule has 0 saturated heterocycles. The van der Waals surface area contributed by atoms with Gasteiger partial charge in [0.2, 0.25) is 10.0 Å². The third kappa shape index (κ3) is 4.87. The van der Waals surface area contributed by atoms with Crippen LogP contribution in [0, 0.1) is 0 Å². The summed E-state index contributed by atoms with van der Waals surface area (Å²) < 4.78 is 61.0. The Bertz CT molecular complexity index is 970. The first kappa shape index (κ1) is 20.0. The maximum absolute atomic E-state index is 12.6. The molecular weight excluding hydrogens is 380 g/mol. The number of nitrogens with one attached hydrogen (secondary N) is 1. The van der Waals surface area contributed by atoms with Gasteiger partial charge >= 0.3 is 0 Å². The van der Waals surface area contributed by atoms with Crippen molar-refractivity contribution in [3.8, 4) is 11.5 Å². The van der Waals surface area contributed by atoms with Crippen LogP contribution in [0.4, 0.5) is 5.69 Å². The zero-order chi connectivity index (χ0) is 19.4. The first-order valence-electron chi connectivity index (χ1n) is 7.72. The van der Waals surface area contributed by atoms with E-state index in [4.69, 9.17) is 14.6 Å². The van der Waals surface area contributed by atoms with Crippen LogP contribution in [-0.4, -0.2) is 30.0 Å². The predicted molar refractivity (Wildman–Crippen MR) is 97.4 cm³/mol. The Balaban J connectivity index is 2.37. The average Bonchev–Trinajstić information content (AvgIpc) is 2.57. The molecule has 0 spiro atoms. The largest absolute Gasteiger partial charge is 0.494 e. The van der Waals surface area contributed by atoms with Crippen LogP contribution in [0.25, 0.3) is 0 Å². The van der Waals surface area contributed by atoms with Gasteiger partial charge < -0.3 is 9.47 Å². The number of primary sulfonamides is 1. The molecule has 0 heterocycles. The first-order chi connectivity index (χ1) is 12.2. The summed E-state index contributed by atoms with van der Waals surface area (Å²) in [5.74, 6) is 0.832. The molecule has 0 aliphatic heterocycles. The number of nitrogens with two attached hydrogens (primary N) is 1. The minimum Gasteiger partial charge on any atom is -0.494 e. The lowest BCUT2D eigenvalue weighted by Crippen LogP contribution is -2.15. The minimum atomic E-state index is -3.97. The number of ether oxygens (including phenoxy) is 2. The minimum absolute atomic E-state index is 0.117. The van der Waals surface area contributed by atoms with Gasteiger partial charge in [0.1, 0.15) is 11.5 Å². The molecule has 0 atom stereocenters. The van der Waals surface area contributed by atoms with E-state index in [0.29, 0.717) is 24.7 Å². The lowest BCUT2D eigenvalue weighted by Gasteiger charge is -2.14. The van der Waals surface area contributed by atoms with E-state index in [1.807, 2.05) is 6.92 Å². The second kappa shape index (κ2) is 7.94. The number of hydrogen-bond acceptors (Lipinski definition) is 6. The molecule has 0 bridgehead atoms. The Hall–Kier alpha value is -2.30. The molecule has 26 heavy (non-hydrogen) atoms. The quantitative estimate of drug-likeness (QED) is 0.697. The van der Waals surface area contributed by atoms with E-state index >= 15 is 0 Å². The number of sulfonamides is 2. The van der Waals surface area contributed by atoms with Crippen molar-refractivity contribution >= 4 is 25.7 Å². The molecule has 0 aromatic heterocycles. The van der Waals surface area contributed by atoms with Gasteiger partial charge in [0, 0.05) is 6.07 Å². The molecule has 2 aromatic rings. The fourth-order valence-electron chi connectivity index (χ4n) is 2.14. The van der Waals surface area contributed by atoms with Crippen molar-refractivity contribution in [3.63, 3.8) is 0 Å². The fourth-order valence-corrected chi connectivity index (χ4v) is 3.72. The Morgan fingerprint density at radius 2 is 1.46 bits per heavy atom. The molecule has 0 unspecified atom stereocenters. The van der Waals surface area contributed by atoms with Crippen molar-refractivity contribution in [1.82, 2.24) is 0 Å². The number of rotatable bonds is 8. The predicted octanol–water partition coefficient (Wildman–Crippen LogP) is 1.93. The van der Waals surface area contributed by atoms with Crippen molar-refractivity contribution < 1.29 is 26.3 Å². The highest BCUT2D eigenvalue weighted by molar-refractivity contribution is 7.92. The van der Waals surface area contributed by atoms with Crippen LogP contribution in [0.3, 0.4) is 0 Å². The van der Waals surface area contributed by atoms with E-state index in [1.165, 1.54) is 6.07 Å². The third-order valence-corrected chi connectivity index (χ3v) is 5.58. The van der Waals surface area contributed by atoms with E-state index in [2.05, 4.69) is 4.72 Å². The molecule has 10 heteroatoms. The first-order valence-corrected chi connectivity index (χ1v) is 10.8. The number of benzene rings is 2. The summed E-state index contributed by atoms with van der Waals surface area (Å²) in [7, 11) is -7.87. The molecule has 0 aliphatic carbocycles. The van der Waals surface area contributed by atoms with Gasteiger partial charge in [-0.2, -0.15) is 0 Å². The van der Waals surface area contributed by atoms with Gasteiger partial charge in [0.25, 0.3) is 10.0 Å². The van der Waals surface area contributed by atoms with Gasteiger partial charge in [0.15, 0.2) is 0 Å². The second-order valence-corrected chi connectivity index (χ2v) is 8.39. The summed E-state index contributed by atoms with van der Waals surface area (Å²) in [4.78, 5) is -0.293. The molecule has 2 rings (SSSR count). The van der Waals surface area contributed by atoms with Gasteiger partial charge in [-0.1, -0.05) is 0 Å². The maximum atomic E-state index is 12.6. The molecule has 0 radical (unpaired) electrons. The van der Waals surface area contributed by atoms with Crippen molar-refractivity contribution in [3.05, 3.63) is 42.5 Å². The summed E-state index contributed by atoms with van der Waals surface area (Å²) in [6, 6.07) is 9.38.